The summed E-state index contributed by atoms with van der Waals surface area (Å²) in [5.74, 6) is -1.39. The summed E-state index contributed by atoms with van der Waals surface area (Å²) in [5.41, 5.74) is 1.91. The van der Waals surface area contributed by atoms with E-state index in [1.165, 1.54) is 27.0 Å². The minimum absolute atomic E-state index is 0.0815. The number of esters is 1. The maximum absolute atomic E-state index is 13.0. The highest BCUT2D eigenvalue weighted by Crippen LogP contribution is 2.49. The van der Waals surface area contributed by atoms with Crippen molar-refractivity contribution >= 4 is 23.5 Å². The number of phenols is 1. The lowest BCUT2D eigenvalue weighted by Gasteiger charge is -2.46. The molecule has 1 fully saturated rings. The summed E-state index contributed by atoms with van der Waals surface area (Å²) in [6.45, 7) is 5.31. The molecule has 0 spiro atoms. The average molecular weight is 529 g/mol. The number of Topliss-reactive ketones (excluding diaryl/α,β-unsaturated/α-hetero) is 1. The maximum Gasteiger partial charge on any atom is 0.342 e. The molecule has 38 heavy (non-hydrogen) atoms. The van der Waals surface area contributed by atoms with Crippen LogP contribution >= 0.6 is 0 Å². The molecule has 11 heteroatoms. The van der Waals surface area contributed by atoms with E-state index < -0.39 is 47.4 Å². The van der Waals surface area contributed by atoms with E-state index >= 15 is 0 Å². The smallest absolute Gasteiger partial charge is 0.342 e. The van der Waals surface area contributed by atoms with E-state index in [9.17, 15) is 29.7 Å². The van der Waals surface area contributed by atoms with Gasteiger partial charge in [0.05, 0.1) is 17.6 Å². The second-order valence-corrected chi connectivity index (χ2v) is 9.86. The zero-order chi connectivity index (χ0) is 28.5. The Bertz CT molecular complexity index is 1210. The van der Waals surface area contributed by atoms with Crippen molar-refractivity contribution in [3.05, 3.63) is 59.2 Å². The number of urea groups is 1. The highest BCUT2D eigenvalue weighted by Gasteiger charge is 2.73. The number of phenolic OH excluding ortho intramolecular Hbond substituents is 1. The van der Waals surface area contributed by atoms with Crippen molar-refractivity contribution in [1.29, 1.82) is 0 Å². The number of hydrogen-bond acceptors (Lipinski definition) is 9. The predicted molar refractivity (Wildman–Crippen MR) is 141 cm³/mol. The second-order valence-electron chi connectivity index (χ2n) is 9.86. The normalized spacial score (nSPS) is 28.4. The Hall–Kier alpha value is -3.67. The number of amides is 2. The van der Waals surface area contributed by atoms with Gasteiger partial charge >= 0.3 is 12.0 Å². The fourth-order valence-corrected chi connectivity index (χ4v) is 5.35. The van der Waals surface area contributed by atoms with Crippen molar-refractivity contribution in [3.8, 4) is 5.75 Å². The van der Waals surface area contributed by atoms with E-state index in [0.717, 1.165) is 0 Å². The molecule has 1 saturated carbocycles. The molecule has 1 aliphatic rings. The number of carbonyl (C=O) groups is 3. The van der Waals surface area contributed by atoms with Crippen LogP contribution in [0, 0.1) is 6.92 Å². The summed E-state index contributed by atoms with van der Waals surface area (Å²) in [4.78, 5) is 37.3. The minimum atomic E-state index is -2.25. The van der Waals surface area contributed by atoms with Crippen LogP contribution in [0.15, 0.2) is 42.5 Å². The third-order valence-corrected chi connectivity index (χ3v) is 7.75. The van der Waals surface area contributed by atoms with Crippen LogP contribution in [0.1, 0.15) is 53.5 Å². The predicted octanol–water partition coefficient (Wildman–Crippen LogP) is 1.44. The van der Waals surface area contributed by atoms with Gasteiger partial charge in [0, 0.05) is 18.3 Å². The Morgan fingerprint density at radius 2 is 1.79 bits per heavy atom. The Kier molecular flexibility index (Phi) is 8.06. The SMILES string of the molecule is CCC1(NC(=O)NC)C(N)C(Nc2cccc(C(C)=O)c2)C(O)(COC(=O)c2c(C)cccc2O)C1(C)O. The lowest BCUT2D eigenvalue weighted by atomic mass is 9.74. The van der Waals surface area contributed by atoms with Gasteiger partial charge < -0.3 is 41.7 Å². The van der Waals surface area contributed by atoms with Crippen LogP contribution in [-0.2, 0) is 4.74 Å². The number of benzene rings is 2. The Balaban J connectivity index is 2.07. The zero-order valence-electron chi connectivity index (χ0n) is 22.2. The molecule has 5 unspecified atom stereocenters. The summed E-state index contributed by atoms with van der Waals surface area (Å²) >= 11 is 0. The van der Waals surface area contributed by atoms with Crippen LogP contribution in [0.4, 0.5) is 10.5 Å². The summed E-state index contributed by atoms with van der Waals surface area (Å²) in [6.07, 6.45) is 0.106. The van der Waals surface area contributed by atoms with Crippen LogP contribution in [0.2, 0.25) is 0 Å². The van der Waals surface area contributed by atoms with Crippen molar-refractivity contribution in [2.45, 2.75) is 62.9 Å². The molecule has 0 bridgehead atoms. The number of aromatic hydroxyl groups is 1. The molecule has 11 nitrogen and oxygen atoms in total. The van der Waals surface area contributed by atoms with Gasteiger partial charge in [-0.1, -0.05) is 31.2 Å². The fourth-order valence-electron chi connectivity index (χ4n) is 5.35. The van der Waals surface area contributed by atoms with Crippen LogP contribution in [-0.4, -0.2) is 75.6 Å². The van der Waals surface area contributed by atoms with Gasteiger partial charge in [0.2, 0.25) is 0 Å². The molecule has 0 saturated heterocycles. The molecule has 2 aromatic rings. The average Bonchev–Trinajstić information content (AvgIpc) is 2.98. The molecule has 0 heterocycles. The van der Waals surface area contributed by atoms with Gasteiger partial charge in [-0.2, -0.15) is 0 Å². The largest absolute Gasteiger partial charge is 0.507 e. The Labute approximate surface area is 221 Å². The number of nitrogens with two attached hydrogens (primary N) is 1. The van der Waals surface area contributed by atoms with Crippen LogP contribution < -0.4 is 21.7 Å². The van der Waals surface area contributed by atoms with Crippen molar-refractivity contribution in [3.63, 3.8) is 0 Å². The minimum Gasteiger partial charge on any atom is -0.507 e. The number of anilines is 1. The van der Waals surface area contributed by atoms with Crippen molar-refractivity contribution < 1.29 is 34.4 Å². The highest BCUT2D eigenvalue weighted by atomic mass is 16.5. The summed E-state index contributed by atoms with van der Waals surface area (Å²) in [6, 6.07) is 8.13. The number of ether oxygens (including phenoxy) is 1. The zero-order valence-corrected chi connectivity index (χ0v) is 22.2. The highest BCUT2D eigenvalue weighted by molar-refractivity contribution is 5.95. The standard InChI is InChI=1S/C27H36N4O7/c1-6-26(31-24(35)29-5)21(28)22(30-18-11-8-10-17(13-18)16(3)32)27(37,25(26,4)36)14-38-23(34)20-15(2)9-7-12-19(20)33/h7-13,21-22,30,33,36-37H,6,14,28H2,1-5H3,(H2,29,31,35). The Morgan fingerprint density at radius 3 is 2.37 bits per heavy atom. The van der Waals surface area contributed by atoms with Crippen LogP contribution in [0.25, 0.3) is 0 Å². The van der Waals surface area contributed by atoms with E-state index in [0.29, 0.717) is 16.8 Å². The Morgan fingerprint density at radius 1 is 1.13 bits per heavy atom. The molecule has 5 atom stereocenters. The van der Waals surface area contributed by atoms with E-state index in [4.69, 9.17) is 10.5 Å². The molecule has 1 aliphatic carbocycles. The molecule has 3 rings (SSSR count). The molecule has 0 radical (unpaired) electrons. The van der Waals surface area contributed by atoms with Crippen LogP contribution in [0.3, 0.4) is 0 Å². The van der Waals surface area contributed by atoms with Gasteiger partial charge in [-0.25, -0.2) is 9.59 Å². The first-order valence-corrected chi connectivity index (χ1v) is 12.3. The van der Waals surface area contributed by atoms with Gasteiger partial charge in [-0.15, -0.1) is 0 Å². The topological polar surface area (TPSA) is 183 Å². The summed E-state index contributed by atoms with van der Waals surface area (Å²) < 4.78 is 5.47. The van der Waals surface area contributed by atoms with Crippen molar-refractivity contribution in [1.82, 2.24) is 10.6 Å². The first kappa shape index (κ1) is 28.9. The van der Waals surface area contributed by atoms with E-state index in [-0.39, 0.29) is 23.5 Å². The monoisotopic (exact) mass is 528 g/mol. The maximum atomic E-state index is 13.0. The molecule has 8 N–H and O–H groups in total. The summed E-state index contributed by atoms with van der Waals surface area (Å²) in [7, 11) is 1.40. The molecule has 2 amide bonds. The van der Waals surface area contributed by atoms with Crippen molar-refractivity contribution in [2.24, 2.45) is 5.73 Å². The fraction of sp³-hybridized carbons (Fsp3) is 0.444. The molecular weight excluding hydrogens is 492 g/mol. The number of aryl methyl sites for hydroxylation is 1. The lowest BCUT2D eigenvalue weighted by molar-refractivity contribution is -0.172. The molecule has 0 aromatic heterocycles. The molecule has 2 aromatic carbocycles. The third kappa shape index (κ3) is 4.68. The van der Waals surface area contributed by atoms with Gasteiger partial charge in [0.15, 0.2) is 11.4 Å². The number of ketones is 1. The van der Waals surface area contributed by atoms with E-state index in [1.54, 1.807) is 50.2 Å². The van der Waals surface area contributed by atoms with Gasteiger partial charge in [-0.3, -0.25) is 4.79 Å². The molecule has 0 aliphatic heterocycles. The number of nitrogens with one attached hydrogen (secondary N) is 3. The van der Waals surface area contributed by atoms with Gasteiger partial charge in [0.1, 0.15) is 23.5 Å². The number of rotatable bonds is 8. The number of hydrogen-bond donors (Lipinski definition) is 7. The van der Waals surface area contributed by atoms with Gasteiger partial charge in [-0.05, 0) is 51.0 Å². The lowest BCUT2D eigenvalue weighted by Crippen LogP contribution is -2.72. The van der Waals surface area contributed by atoms with Crippen molar-refractivity contribution in [2.75, 3.05) is 19.0 Å². The third-order valence-electron chi connectivity index (χ3n) is 7.75. The number of aliphatic hydroxyl groups is 2. The van der Waals surface area contributed by atoms with Gasteiger partial charge in [0.25, 0.3) is 0 Å². The van der Waals surface area contributed by atoms with Crippen LogP contribution in [0.5, 0.6) is 5.75 Å². The first-order valence-electron chi connectivity index (χ1n) is 12.3. The van der Waals surface area contributed by atoms with E-state index in [2.05, 4.69) is 16.0 Å². The summed E-state index contributed by atoms with van der Waals surface area (Å²) in [5, 5.41) is 42.5. The quantitative estimate of drug-likeness (QED) is 0.197. The molecular formula is C27H36N4O7. The molecule has 206 valence electrons. The number of carbonyl (C=O) groups excluding carboxylic acids is 3. The first-order chi connectivity index (χ1) is 17.8. The second kappa shape index (κ2) is 10.6. The van der Waals surface area contributed by atoms with E-state index in [1.807, 2.05) is 0 Å².